The molecule has 0 radical (unpaired) electrons. The Labute approximate surface area is 124 Å². The van der Waals surface area contributed by atoms with Crippen LogP contribution in [0.4, 0.5) is 0 Å². The molecule has 0 heterocycles. The van der Waals surface area contributed by atoms with Crippen LogP contribution < -0.4 is 5.73 Å². The first kappa shape index (κ1) is 13.6. The average Bonchev–Trinajstić information content (AvgIpc) is 3.22. The molecule has 104 valence electrons. The number of nitrogens with zero attached hydrogens (tertiary/aromatic N) is 1. The van der Waals surface area contributed by atoms with Gasteiger partial charge in [0.1, 0.15) is 0 Å². The van der Waals surface area contributed by atoms with Gasteiger partial charge in [0, 0.05) is 23.1 Å². The largest absolute Gasteiger partial charge is 0.329 e. The summed E-state index contributed by atoms with van der Waals surface area (Å²) in [5, 5.41) is 0. The van der Waals surface area contributed by atoms with Crippen LogP contribution in [-0.2, 0) is 12.8 Å². The van der Waals surface area contributed by atoms with Crippen molar-refractivity contribution in [3.05, 3.63) is 33.8 Å². The van der Waals surface area contributed by atoms with Crippen LogP contribution >= 0.6 is 15.9 Å². The molecule has 19 heavy (non-hydrogen) atoms. The summed E-state index contributed by atoms with van der Waals surface area (Å²) in [5.41, 5.74) is 9.34. The van der Waals surface area contributed by atoms with Gasteiger partial charge in [-0.1, -0.05) is 22.0 Å². The molecule has 3 rings (SSSR count). The number of aryl methyl sites for hydroxylation is 1. The van der Waals surface area contributed by atoms with E-state index in [1.807, 2.05) is 0 Å². The van der Waals surface area contributed by atoms with Crippen molar-refractivity contribution in [3.63, 3.8) is 0 Å². The first-order chi connectivity index (χ1) is 9.13. The van der Waals surface area contributed by atoms with Gasteiger partial charge < -0.3 is 5.73 Å². The molecule has 1 aromatic carbocycles. The lowest BCUT2D eigenvalue weighted by Crippen LogP contribution is -2.56. The number of nitrogens with two attached hydrogens (primary N) is 1. The molecule has 0 bridgehead atoms. The molecule has 2 aliphatic carbocycles. The van der Waals surface area contributed by atoms with Gasteiger partial charge in [-0.25, -0.2) is 0 Å². The van der Waals surface area contributed by atoms with Crippen molar-refractivity contribution in [1.82, 2.24) is 4.90 Å². The van der Waals surface area contributed by atoms with Gasteiger partial charge >= 0.3 is 0 Å². The highest BCUT2D eigenvalue weighted by Crippen LogP contribution is 2.37. The predicted octanol–water partition coefficient (Wildman–Crippen LogP) is 2.98. The number of fused-ring (bicyclic) bond motifs is 1. The molecule has 1 fully saturated rings. The molecular formula is C16H23BrN2. The van der Waals surface area contributed by atoms with Gasteiger partial charge in [0.15, 0.2) is 0 Å². The summed E-state index contributed by atoms with van der Waals surface area (Å²) in [4.78, 5) is 2.55. The van der Waals surface area contributed by atoms with E-state index in [1.54, 1.807) is 0 Å². The molecule has 1 atom stereocenters. The maximum absolute atomic E-state index is 6.17. The van der Waals surface area contributed by atoms with Gasteiger partial charge in [0.05, 0.1) is 0 Å². The highest BCUT2D eigenvalue weighted by atomic mass is 79.9. The van der Waals surface area contributed by atoms with Crippen molar-refractivity contribution in [2.75, 3.05) is 20.1 Å². The second-order valence-corrected chi connectivity index (χ2v) is 7.26. The third kappa shape index (κ3) is 2.74. The van der Waals surface area contributed by atoms with Gasteiger partial charge in [-0.2, -0.15) is 0 Å². The highest BCUT2D eigenvalue weighted by Gasteiger charge is 2.38. The van der Waals surface area contributed by atoms with E-state index in [-0.39, 0.29) is 5.54 Å². The van der Waals surface area contributed by atoms with Crippen molar-refractivity contribution in [1.29, 1.82) is 0 Å². The maximum atomic E-state index is 6.17. The normalized spacial score (nSPS) is 26.5. The van der Waals surface area contributed by atoms with Crippen LogP contribution in [0.15, 0.2) is 22.7 Å². The first-order valence-electron chi connectivity index (χ1n) is 7.31. The molecule has 1 saturated carbocycles. The van der Waals surface area contributed by atoms with E-state index in [0.29, 0.717) is 0 Å². The Balaban J connectivity index is 1.81. The summed E-state index contributed by atoms with van der Waals surface area (Å²) in [6, 6.07) is 6.71. The number of hydrogen-bond donors (Lipinski definition) is 1. The monoisotopic (exact) mass is 322 g/mol. The summed E-state index contributed by atoms with van der Waals surface area (Å²) in [5.74, 6) is 0.930. The van der Waals surface area contributed by atoms with Crippen LogP contribution in [0.25, 0.3) is 0 Å². The van der Waals surface area contributed by atoms with Crippen molar-refractivity contribution < 1.29 is 0 Å². The van der Waals surface area contributed by atoms with Gasteiger partial charge in [-0.3, -0.25) is 4.90 Å². The number of hydrogen-bond acceptors (Lipinski definition) is 2. The van der Waals surface area contributed by atoms with Crippen molar-refractivity contribution in [2.45, 2.75) is 37.6 Å². The maximum Gasteiger partial charge on any atom is 0.0372 e. The molecule has 0 saturated heterocycles. The fourth-order valence-corrected chi connectivity index (χ4v) is 3.76. The molecule has 1 unspecified atom stereocenters. The lowest BCUT2D eigenvalue weighted by atomic mass is 9.77. The number of benzene rings is 1. The van der Waals surface area contributed by atoms with Crippen LogP contribution in [0.1, 0.15) is 30.4 Å². The zero-order chi connectivity index (χ0) is 13.5. The minimum atomic E-state index is 0.184. The summed E-state index contributed by atoms with van der Waals surface area (Å²) in [6.07, 6.45) is 6.27. The van der Waals surface area contributed by atoms with E-state index in [1.165, 1.54) is 41.4 Å². The highest BCUT2D eigenvalue weighted by molar-refractivity contribution is 9.10. The third-order valence-corrected chi connectivity index (χ3v) is 5.46. The Hall–Kier alpha value is -0.380. The molecule has 0 aromatic heterocycles. The average molecular weight is 323 g/mol. The molecule has 2 N–H and O–H groups in total. The summed E-state index contributed by atoms with van der Waals surface area (Å²) in [6.45, 7) is 1.99. The van der Waals surface area contributed by atoms with Crippen LogP contribution in [0, 0.1) is 5.92 Å². The molecule has 0 spiro atoms. The Morgan fingerprint density at radius 2 is 2.16 bits per heavy atom. The second-order valence-electron chi connectivity index (χ2n) is 6.34. The van der Waals surface area contributed by atoms with Crippen LogP contribution in [0.2, 0.25) is 0 Å². The van der Waals surface area contributed by atoms with E-state index in [4.69, 9.17) is 5.73 Å². The molecule has 3 heteroatoms. The van der Waals surface area contributed by atoms with E-state index in [9.17, 15) is 0 Å². The standard InChI is InChI=1S/C16H23BrN2/c1-19(10-12-2-3-12)16(11-18)7-6-13-8-15(17)5-4-14(13)9-16/h4-5,8,12H,2-3,6-7,9-11,18H2,1H3. The summed E-state index contributed by atoms with van der Waals surface area (Å²) >= 11 is 3.57. The molecule has 2 nitrogen and oxygen atoms in total. The number of halogens is 1. The van der Waals surface area contributed by atoms with Crippen molar-refractivity contribution in [3.8, 4) is 0 Å². The third-order valence-electron chi connectivity index (χ3n) is 4.97. The smallest absolute Gasteiger partial charge is 0.0372 e. The number of rotatable bonds is 4. The Morgan fingerprint density at radius 1 is 1.37 bits per heavy atom. The van der Waals surface area contributed by atoms with Gasteiger partial charge in [-0.05, 0) is 68.3 Å². The van der Waals surface area contributed by atoms with E-state index in [2.05, 4.69) is 46.1 Å². The van der Waals surface area contributed by atoms with Crippen LogP contribution in [0.3, 0.4) is 0 Å². The van der Waals surface area contributed by atoms with Crippen molar-refractivity contribution in [2.24, 2.45) is 11.7 Å². The Bertz CT molecular complexity index is 470. The van der Waals surface area contributed by atoms with E-state index < -0.39 is 0 Å². The van der Waals surface area contributed by atoms with Crippen LogP contribution in [-0.4, -0.2) is 30.6 Å². The lowest BCUT2D eigenvalue weighted by molar-refractivity contribution is 0.103. The summed E-state index contributed by atoms with van der Waals surface area (Å²) in [7, 11) is 2.27. The van der Waals surface area contributed by atoms with Crippen LogP contribution in [0.5, 0.6) is 0 Å². The zero-order valence-electron chi connectivity index (χ0n) is 11.7. The predicted molar refractivity (Wildman–Crippen MR) is 83.3 cm³/mol. The zero-order valence-corrected chi connectivity index (χ0v) is 13.2. The summed E-state index contributed by atoms with van der Waals surface area (Å²) < 4.78 is 1.19. The Kier molecular flexibility index (Phi) is 3.71. The van der Waals surface area contributed by atoms with Gasteiger partial charge in [0.2, 0.25) is 0 Å². The van der Waals surface area contributed by atoms with Gasteiger partial charge in [0.25, 0.3) is 0 Å². The fraction of sp³-hybridized carbons (Fsp3) is 0.625. The lowest BCUT2D eigenvalue weighted by Gasteiger charge is -2.45. The topological polar surface area (TPSA) is 29.3 Å². The minimum Gasteiger partial charge on any atom is -0.329 e. The first-order valence-corrected chi connectivity index (χ1v) is 8.11. The SMILES string of the molecule is CN(CC1CC1)C1(CN)CCc2cc(Br)ccc2C1. The van der Waals surface area contributed by atoms with Crippen molar-refractivity contribution >= 4 is 15.9 Å². The second kappa shape index (κ2) is 5.19. The minimum absolute atomic E-state index is 0.184. The molecule has 0 aliphatic heterocycles. The van der Waals surface area contributed by atoms with Gasteiger partial charge in [-0.15, -0.1) is 0 Å². The molecule has 2 aliphatic rings. The van der Waals surface area contributed by atoms with E-state index >= 15 is 0 Å². The van der Waals surface area contributed by atoms with E-state index in [0.717, 1.165) is 25.3 Å². The molecular weight excluding hydrogens is 300 g/mol. The number of likely N-dealkylation sites (N-methyl/N-ethyl adjacent to an activating group) is 1. The Morgan fingerprint density at radius 3 is 2.84 bits per heavy atom. The molecule has 1 aromatic rings. The molecule has 0 amide bonds. The quantitative estimate of drug-likeness (QED) is 0.923. The fourth-order valence-electron chi connectivity index (χ4n) is 3.35.